The smallest absolute Gasteiger partial charge is 0.267 e. The van der Waals surface area contributed by atoms with E-state index in [0.717, 1.165) is 5.75 Å². The van der Waals surface area contributed by atoms with Crippen molar-refractivity contribution in [3.63, 3.8) is 0 Å². The number of ketones is 1. The third-order valence-corrected chi connectivity index (χ3v) is 4.03. The van der Waals surface area contributed by atoms with Crippen LogP contribution in [-0.4, -0.2) is 29.0 Å². The van der Waals surface area contributed by atoms with Crippen molar-refractivity contribution in [3.8, 4) is 0 Å². The molecule has 0 atom stereocenters. The van der Waals surface area contributed by atoms with Gasteiger partial charge in [-0.2, -0.15) is 0 Å². The van der Waals surface area contributed by atoms with Gasteiger partial charge >= 0.3 is 0 Å². The Labute approximate surface area is 128 Å². The molecule has 0 saturated heterocycles. The van der Waals surface area contributed by atoms with Crippen molar-refractivity contribution in [2.75, 3.05) is 12.3 Å². The molecular weight excluding hydrogens is 284 g/mol. The van der Waals surface area contributed by atoms with Crippen LogP contribution in [0.25, 0.3) is 0 Å². The minimum absolute atomic E-state index is 0.0553. The normalized spacial score (nSPS) is 10.4. The maximum Gasteiger partial charge on any atom is 0.267 e. The Morgan fingerprint density at radius 3 is 2.57 bits per heavy atom. The number of aromatic amines is 1. The number of thioether (sulfide) groups is 1. The Morgan fingerprint density at radius 1 is 1.24 bits per heavy atom. The summed E-state index contributed by atoms with van der Waals surface area (Å²) in [6.07, 6.45) is 1.55. The third-order valence-electron chi connectivity index (χ3n) is 3.01. The van der Waals surface area contributed by atoms with E-state index in [1.54, 1.807) is 24.0 Å². The first kappa shape index (κ1) is 15.4. The molecule has 0 aliphatic heterocycles. The van der Waals surface area contributed by atoms with Crippen molar-refractivity contribution in [1.82, 2.24) is 10.3 Å². The summed E-state index contributed by atoms with van der Waals surface area (Å²) >= 11 is 1.70. The molecule has 1 heterocycles. The Kier molecular flexibility index (Phi) is 5.22. The lowest BCUT2D eigenvalue weighted by Gasteiger charge is -2.04. The Morgan fingerprint density at radius 2 is 1.95 bits per heavy atom. The number of nitrogens with one attached hydrogen (secondary N) is 2. The first-order valence-electron chi connectivity index (χ1n) is 6.73. The van der Waals surface area contributed by atoms with Crippen LogP contribution in [0.5, 0.6) is 0 Å². The summed E-state index contributed by atoms with van der Waals surface area (Å²) in [5, 5.41) is 2.83. The Bertz CT molecular complexity index is 632. The lowest BCUT2D eigenvalue weighted by Crippen LogP contribution is -2.25. The summed E-state index contributed by atoms with van der Waals surface area (Å²) in [6, 6.07) is 9.87. The van der Waals surface area contributed by atoms with Gasteiger partial charge in [-0.05, 0) is 32.0 Å². The quantitative estimate of drug-likeness (QED) is 0.490. The molecule has 1 amide bonds. The van der Waals surface area contributed by atoms with Gasteiger partial charge in [-0.1, -0.05) is 17.7 Å². The lowest BCUT2D eigenvalue weighted by atomic mass is 10.2. The van der Waals surface area contributed by atoms with Crippen LogP contribution in [0.3, 0.4) is 0 Å². The first-order chi connectivity index (χ1) is 10.1. The van der Waals surface area contributed by atoms with E-state index in [-0.39, 0.29) is 11.7 Å². The van der Waals surface area contributed by atoms with Gasteiger partial charge in [-0.3, -0.25) is 9.59 Å². The molecule has 5 heteroatoms. The average Bonchev–Trinajstić information content (AvgIpc) is 2.95. The second-order valence-corrected chi connectivity index (χ2v) is 5.94. The molecule has 0 unspecified atom stereocenters. The molecule has 0 aliphatic rings. The van der Waals surface area contributed by atoms with Crippen LogP contribution in [0.4, 0.5) is 0 Å². The van der Waals surface area contributed by atoms with Gasteiger partial charge in [0.1, 0.15) is 5.69 Å². The highest BCUT2D eigenvalue weighted by Gasteiger charge is 2.09. The van der Waals surface area contributed by atoms with Gasteiger partial charge < -0.3 is 10.3 Å². The fraction of sp³-hybridized carbons (Fsp3) is 0.250. The minimum Gasteiger partial charge on any atom is -0.356 e. The van der Waals surface area contributed by atoms with Gasteiger partial charge in [0.15, 0.2) is 5.78 Å². The molecule has 2 rings (SSSR count). The number of aromatic nitrogens is 1. The van der Waals surface area contributed by atoms with Crippen LogP contribution in [0, 0.1) is 6.92 Å². The summed E-state index contributed by atoms with van der Waals surface area (Å²) < 4.78 is 0. The van der Waals surface area contributed by atoms with E-state index in [2.05, 4.69) is 41.5 Å². The minimum atomic E-state index is -0.188. The van der Waals surface area contributed by atoms with Gasteiger partial charge in [-0.25, -0.2) is 0 Å². The van der Waals surface area contributed by atoms with Crippen LogP contribution in [0.2, 0.25) is 0 Å². The molecule has 2 N–H and O–H groups in total. The number of H-pyrrole nitrogens is 1. The van der Waals surface area contributed by atoms with Crippen LogP contribution in [-0.2, 0) is 0 Å². The summed E-state index contributed by atoms with van der Waals surface area (Å²) in [5.41, 5.74) is 2.18. The Hall–Kier alpha value is -2.01. The fourth-order valence-electron chi connectivity index (χ4n) is 1.79. The number of rotatable bonds is 6. The second-order valence-electron chi connectivity index (χ2n) is 4.78. The largest absolute Gasteiger partial charge is 0.356 e. The number of hydrogen-bond acceptors (Lipinski definition) is 3. The van der Waals surface area contributed by atoms with E-state index < -0.39 is 0 Å². The molecule has 0 saturated carbocycles. The van der Waals surface area contributed by atoms with Crippen molar-refractivity contribution in [2.45, 2.75) is 18.7 Å². The monoisotopic (exact) mass is 302 g/mol. The number of carbonyl (C=O) groups is 2. The van der Waals surface area contributed by atoms with Crippen molar-refractivity contribution < 1.29 is 9.59 Å². The van der Waals surface area contributed by atoms with Gasteiger partial charge in [0.05, 0.1) is 0 Å². The zero-order chi connectivity index (χ0) is 15.2. The Balaban J connectivity index is 1.76. The lowest BCUT2D eigenvalue weighted by molar-refractivity contribution is 0.0951. The number of carbonyl (C=O) groups excluding carboxylic acids is 2. The molecule has 110 valence electrons. The van der Waals surface area contributed by atoms with Crippen molar-refractivity contribution in [3.05, 3.63) is 53.3 Å². The molecule has 2 aromatic rings. The molecule has 0 aliphatic carbocycles. The van der Waals surface area contributed by atoms with Crippen molar-refractivity contribution in [2.24, 2.45) is 0 Å². The highest BCUT2D eigenvalue weighted by Crippen LogP contribution is 2.17. The van der Waals surface area contributed by atoms with Crippen LogP contribution in [0.1, 0.15) is 33.3 Å². The predicted molar refractivity (Wildman–Crippen MR) is 85.0 cm³/mol. The number of aryl methyl sites for hydroxylation is 1. The van der Waals surface area contributed by atoms with Crippen LogP contribution >= 0.6 is 11.8 Å². The molecule has 0 fully saturated rings. The SMILES string of the molecule is CC(=O)c1c[nH]c(C(=O)NCCSc2ccc(C)cc2)c1. The molecule has 1 aromatic carbocycles. The maximum atomic E-state index is 11.9. The van der Waals surface area contributed by atoms with Crippen LogP contribution < -0.4 is 5.32 Å². The van der Waals surface area contributed by atoms with Crippen molar-refractivity contribution >= 4 is 23.5 Å². The highest BCUT2D eigenvalue weighted by atomic mass is 32.2. The van der Waals surface area contributed by atoms with Crippen molar-refractivity contribution in [1.29, 1.82) is 0 Å². The molecular formula is C16H18N2O2S. The second kappa shape index (κ2) is 7.13. The maximum absolute atomic E-state index is 11.9. The molecule has 4 nitrogen and oxygen atoms in total. The molecule has 0 spiro atoms. The number of hydrogen-bond donors (Lipinski definition) is 2. The van der Waals surface area contributed by atoms with Gasteiger partial charge in [0.2, 0.25) is 0 Å². The first-order valence-corrected chi connectivity index (χ1v) is 7.72. The topological polar surface area (TPSA) is 62.0 Å². The number of amides is 1. The summed E-state index contributed by atoms with van der Waals surface area (Å²) in [4.78, 5) is 27.0. The van der Waals surface area contributed by atoms with E-state index in [0.29, 0.717) is 17.8 Å². The third kappa shape index (κ3) is 4.49. The summed E-state index contributed by atoms with van der Waals surface area (Å²) in [5.74, 6) is 0.557. The molecule has 21 heavy (non-hydrogen) atoms. The zero-order valence-electron chi connectivity index (χ0n) is 12.1. The number of benzene rings is 1. The standard InChI is InChI=1S/C16H18N2O2S/c1-11-3-5-14(6-4-11)21-8-7-17-16(20)15-9-13(10-18-15)12(2)19/h3-6,9-10,18H,7-8H2,1-2H3,(H,17,20). The summed E-state index contributed by atoms with van der Waals surface area (Å²) in [7, 11) is 0. The number of Topliss-reactive ketones (excluding diaryl/α,β-unsaturated/α-hetero) is 1. The summed E-state index contributed by atoms with van der Waals surface area (Å²) in [6.45, 7) is 4.11. The van der Waals surface area contributed by atoms with Crippen LogP contribution in [0.15, 0.2) is 41.4 Å². The van der Waals surface area contributed by atoms with Gasteiger partial charge in [0.25, 0.3) is 5.91 Å². The molecule has 0 radical (unpaired) electrons. The van der Waals surface area contributed by atoms with Gasteiger partial charge in [0, 0.05) is 29.0 Å². The zero-order valence-corrected chi connectivity index (χ0v) is 12.9. The molecule has 0 bridgehead atoms. The predicted octanol–water partition coefficient (Wildman–Crippen LogP) is 3.05. The molecule has 1 aromatic heterocycles. The van der Waals surface area contributed by atoms with E-state index in [1.165, 1.54) is 17.4 Å². The fourth-order valence-corrected chi connectivity index (χ4v) is 2.56. The van der Waals surface area contributed by atoms with E-state index in [1.807, 2.05) is 0 Å². The van der Waals surface area contributed by atoms with E-state index in [4.69, 9.17) is 0 Å². The van der Waals surface area contributed by atoms with Gasteiger partial charge in [-0.15, -0.1) is 11.8 Å². The van der Waals surface area contributed by atoms with E-state index >= 15 is 0 Å². The average molecular weight is 302 g/mol. The highest BCUT2D eigenvalue weighted by molar-refractivity contribution is 7.99. The van der Waals surface area contributed by atoms with E-state index in [9.17, 15) is 9.59 Å².